The smallest absolute Gasteiger partial charge is 0.191 e. The second-order valence-electron chi connectivity index (χ2n) is 7.92. The first-order chi connectivity index (χ1) is 14.1. The van der Waals surface area contributed by atoms with Crippen LogP contribution in [0.15, 0.2) is 41.5 Å². The van der Waals surface area contributed by atoms with Crippen LogP contribution in [0.5, 0.6) is 5.75 Å². The second-order valence-corrected chi connectivity index (χ2v) is 7.92. The molecule has 0 atom stereocenters. The van der Waals surface area contributed by atoms with Crippen LogP contribution in [0.1, 0.15) is 31.4 Å². The number of benzene rings is 1. The Morgan fingerprint density at radius 3 is 2.90 bits per heavy atom. The molecule has 2 aliphatic rings. The Labute approximate surface area is 167 Å². The number of aromatic nitrogens is 2. The molecule has 3 aromatic rings. The van der Waals surface area contributed by atoms with Gasteiger partial charge in [0.05, 0.1) is 22.1 Å². The van der Waals surface area contributed by atoms with Crippen molar-refractivity contribution in [1.29, 1.82) is 0 Å². The molecule has 0 amide bonds. The number of rotatable bonds is 5. The highest BCUT2D eigenvalue weighted by Gasteiger charge is 2.44. The Bertz CT molecular complexity index is 1140. The van der Waals surface area contributed by atoms with E-state index in [2.05, 4.69) is 14.9 Å². The molecule has 1 fully saturated rings. The first-order valence-electron chi connectivity index (χ1n) is 10.0. The van der Waals surface area contributed by atoms with Crippen molar-refractivity contribution in [1.82, 2.24) is 9.55 Å². The van der Waals surface area contributed by atoms with Crippen LogP contribution in [0.25, 0.3) is 10.9 Å². The van der Waals surface area contributed by atoms with Crippen LogP contribution < -0.4 is 21.2 Å². The van der Waals surface area contributed by atoms with Gasteiger partial charge in [0, 0.05) is 30.7 Å². The Kier molecular flexibility index (Phi) is 4.19. The van der Waals surface area contributed by atoms with Crippen LogP contribution in [0, 0.1) is 5.82 Å². The number of nitrogens with one attached hydrogen (secondary N) is 1. The van der Waals surface area contributed by atoms with Gasteiger partial charge in [-0.05, 0) is 44.2 Å². The van der Waals surface area contributed by atoms with Crippen molar-refractivity contribution in [2.75, 3.05) is 24.2 Å². The standard InChI is InChI=1S/C22H23FN4O2/c23-17-18(24)16-15(28)7-12-27-20(16)21(29-13-22(27)8-4-9-22)19(17)26-11-3-6-14-5-1-2-10-25-14/h1-2,5,7,10,12,26H,3-4,6,8-9,11,13,24H2. The summed E-state index contributed by atoms with van der Waals surface area (Å²) in [6, 6.07) is 7.28. The van der Waals surface area contributed by atoms with Crippen molar-refractivity contribution in [3.05, 3.63) is 58.4 Å². The van der Waals surface area contributed by atoms with Gasteiger partial charge >= 0.3 is 0 Å². The van der Waals surface area contributed by atoms with Crippen LogP contribution >= 0.6 is 0 Å². The SMILES string of the molecule is Nc1c(F)c(NCCCc2ccccn2)c2c3c1c(=O)ccn3C1(CCC1)CO2. The van der Waals surface area contributed by atoms with E-state index in [9.17, 15) is 4.79 Å². The molecule has 0 bridgehead atoms. The Morgan fingerprint density at radius 1 is 1.31 bits per heavy atom. The van der Waals surface area contributed by atoms with Gasteiger partial charge in [-0.15, -0.1) is 0 Å². The van der Waals surface area contributed by atoms with Gasteiger partial charge in [0.2, 0.25) is 0 Å². The number of halogens is 1. The molecule has 29 heavy (non-hydrogen) atoms. The lowest BCUT2D eigenvalue weighted by atomic mass is 9.76. The van der Waals surface area contributed by atoms with E-state index in [-0.39, 0.29) is 27.7 Å². The van der Waals surface area contributed by atoms with E-state index >= 15 is 4.39 Å². The zero-order chi connectivity index (χ0) is 20.0. The highest BCUT2D eigenvalue weighted by atomic mass is 19.1. The number of pyridine rings is 2. The van der Waals surface area contributed by atoms with Crippen LogP contribution in [-0.4, -0.2) is 22.7 Å². The van der Waals surface area contributed by atoms with E-state index in [1.807, 2.05) is 18.2 Å². The van der Waals surface area contributed by atoms with Crippen molar-refractivity contribution < 1.29 is 9.13 Å². The largest absolute Gasteiger partial charge is 0.487 e. The van der Waals surface area contributed by atoms with Gasteiger partial charge < -0.3 is 20.4 Å². The molecule has 1 aromatic carbocycles. The summed E-state index contributed by atoms with van der Waals surface area (Å²) in [6.45, 7) is 1.01. The highest BCUT2D eigenvalue weighted by Crippen LogP contribution is 2.49. The molecule has 2 aromatic heterocycles. The number of nitrogens with zero attached hydrogens (tertiary/aromatic N) is 2. The van der Waals surface area contributed by atoms with Crippen LogP contribution in [0.2, 0.25) is 0 Å². The zero-order valence-electron chi connectivity index (χ0n) is 16.1. The zero-order valence-corrected chi connectivity index (χ0v) is 16.1. The summed E-state index contributed by atoms with van der Waals surface area (Å²) in [7, 11) is 0. The summed E-state index contributed by atoms with van der Waals surface area (Å²) < 4.78 is 23.3. The lowest BCUT2D eigenvalue weighted by molar-refractivity contribution is 0.0602. The van der Waals surface area contributed by atoms with Gasteiger partial charge in [-0.2, -0.15) is 0 Å². The van der Waals surface area contributed by atoms with Crippen molar-refractivity contribution in [2.45, 2.75) is 37.6 Å². The number of ether oxygens (including phenoxy) is 1. The third-order valence-corrected chi connectivity index (χ3v) is 6.18. The van der Waals surface area contributed by atoms with Gasteiger partial charge in [0.1, 0.15) is 12.3 Å². The Hall–Kier alpha value is -3.09. The summed E-state index contributed by atoms with van der Waals surface area (Å²) in [5.74, 6) is -0.232. The number of anilines is 2. The summed E-state index contributed by atoms with van der Waals surface area (Å²) >= 11 is 0. The maximum Gasteiger partial charge on any atom is 0.191 e. The maximum absolute atomic E-state index is 15.1. The number of hydrogen-bond donors (Lipinski definition) is 2. The molecule has 5 rings (SSSR count). The molecule has 1 saturated carbocycles. The minimum Gasteiger partial charge on any atom is -0.487 e. The molecule has 7 heteroatoms. The lowest BCUT2D eigenvalue weighted by Crippen LogP contribution is -2.48. The van der Waals surface area contributed by atoms with E-state index in [4.69, 9.17) is 10.5 Å². The van der Waals surface area contributed by atoms with E-state index in [1.54, 1.807) is 12.4 Å². The molecule has 150 valence electrons. The second kappa shape index (κ2) is 6.76. The van der Waals surface area contributed by atoms with Crippen molar-refractivity contribution >= 4 is 22.3 Å². The van der Waals surface area contributed by atoms with Crippen LogP contribution in [0.3, 0.4) is 0 Å². The minimum atomic E-state index is -0.621. The molecule has 1 aliphatic carbocycles. The third-order valence-electron chi connectivity index (χ3n) is 6.18. The molecule has 0 saturated heterocycles. The monoisotopic (exact) mass is 394 g/mol. The molecular weight excluding hydrogens is 371 g/mol. The van der Waals surface area contributed by atoms with Crippen molar-refractivity contribution in [3.8, 4) is 5.75 Å². The van der Waals surface area contributed by atoms with Crippen LogP contribution in [-0.2, 0) is 12.0 Å². The first kappa shape index (κ1) is 18.0. The fraction of sp³-hybridized carbons (Fsp3) is 0.364. The maximum atomic E-state index is 15.1. The Morgan fingerprint density at radius 2 is 2.17 bits per heavy atom. The summed E-state index contributed by atoms with van der Waals surface area (Å²) in [5.41, 5.74) is 7.37. The first-order valence-corrected chi connectivity index (χ1v) is 10.0. The predicted molar refractivity (Wildman–Crippen MR) is 111 cm³/mol. The lowest BCUT2D eigenvalue weighted by Gasteiger charge is -2.47. The average molecular weight is 394 g/mol. The summed E-state index contributed by atoms with van der Waals surface area (Å²) in [4.78, 5) is 16.8. The van der Waals surface area contributed by atoms with E-state index < -0.39 is 5.82 Å². The molecule has 3 heterocycles. The topological polar surface area (TPSA) is 82.2 Å². The molecule has 1 spiro atoms. The van der Waals surface area contributed by atoms with Crippen LogP contribution in [0.4, 0.5) is 15.8 Å². The van der Waals surface area contributed by atoms with Gasteiger partial charge in [-0.1, -0.05) is 6.07 Å². The van der Waals surface area contributed by atoms with Gasteiger partial charge in [0.25, 0.3) is 0 Å². The molecule has 0 radical (unpaired) electrons. The fourth-order valence-corrected chi connectivity index (χ4v) is 4.45. The predicted octanol–water partition coefficient (Wildman–Crippen LogP) is 3.43. The van der Waals surface area contributed by atoms with E-state index in [1.165, 1.54) is 6.07 Å². The Balaban J connectivity index is 1.51. The van der Waals surface area contributed by atoms with Gasteiger partial charge in [-0.25, -0.2) is 4.39 Å². The molecule has 0 unspecified atom stereocenters. The molecule has 1 aliphatic heterocycles. The molecule has 6 nitrogen and oxygen atoms in total. The summed E-state index contributed by atoms with van der Waals surface area (Å²) in [5, 5.41) is 3.37. The van der Waals surface area contributed by atoms with E-state index in [0.29, 0.717) is 24.4 Å². The summed E-state index contributed by atoms with van der Waals surface area (Å²) in [6.07, 6.45) is 8.20. The van der Waals surface area contributed by atoms with Crippen molar-refractivity contribution in [3.63, 3.8) is 0 Å². The average Bonchev–Trinajstić information content (AvgIpc) is 2.71. The van der Waals surface area contributed by atoms with Gasteiger partial charge in [-0.3, -0.25) is 9.78 Å². The number of hydrogen-bond acceptors (Lipinski definition) is 5. The normalized spacial score (nSPS) is 16.4. The number of aryl methyl sites for hydroxylation is 1. The molecule has 3 N–H and O–H groups in total. The number of fused-ring (bicyclic) bond motifs is 1. The van der Waals surface area contributed by atoms with E-state index in [0.717, 1.165) is 37.8 Å². The fourth-order valence-electron chi connectivity index (χ4n) is 4.45. The highest BCUT2D eigenvalue weighted by molar-refractivity contribution is 6.00. The quantitative estimate of drug-likeness (QED) is 0.512. The van der Waals surface area contributed by atoms with Gasteiger partial charge in [0.15, 0.2) is 17.0 Å². The molecular formula is C22H23FN4O2. The minimum absolute atomic E-state index is 0.115. The van der Waals surface area contributed by atoms with Crippen molar-refractivity contribution in [2.24, 2.45) is 0 Å². The third kappa shape index (κ3) is 2.75. The number of nitrogens with two attached hydrogens (primary N) is 1. The number of nitrogen functional groups attached to an aromatic ring is 1.